The highest BCUT2D eigenvalue weighted by Gasteiger charge is 2.34. The van der Waals surface area contributed by atoms with Crippen LogP contribution in [0.25, 0.3) is 0 Å². The maximum Gasteiger partial charge on any atom is 0.230 e. The van der Waals surface area contributed by atoms with E-state index in [4.69, 9.17) is 15.0 Å². The monoisotopic (exact) mass is 253 g/mol. The largest absolute Gasteiger partial charge is 0.368 e. The van der Waals surface area contributed by atoms with Crippen molar-refractivity contribution in [2.75, 3.05) is 13.2 Å². The minimum atomic E-state index is -0.493. The average molecular weight is 253 g/mol. The zero-order valence-electron chi connectivity index (χ0n) is 11.5. The molecular weight excluding hydrogens is 230 g/mol. The number of ether oxygens (including phenoxy) is 1. The maximum atomic E-state index is 5.79. The zero-order valence-corrected chi connectivity index (χ0v) is 11.5. The van der Waals surface area contributed by atoms with E-state index in [0.717, 1.165) is 18.7 Å². The van der Waals surface area contributed by atoms with Gasteiger partial charge in [-0.2, -0.15) is 4.98 Å². The van der Waals surface area contributed by atoms with Gasteiger partial charge in [0.15, 0.2) is 0 Å². The first-order valence-corrected chi connectivity index (χ1v) is 6.76. The van der Waals surface area contributed by atoms with Gasteiger partial charge in [0.2, 0.25) is 11.7 Å². The smallest absolute Gasteiger partial charge is 0.230 e. The second kappa shape index (κ2) is 5.36. The van der Waals surface area contributed by atoms with Crippen molar-refractivity contribution in [2.24, 2.45) is 11.7 Å². The quantitative estimate of drug-likeness (QED) is 0.870. The number of nitrogens with two attached hydrogens (primary N) is 1. The lowest BCUT2D eigenvalue weighted by Gasteiger charge is -2.20. The third-order valence-corrected chi connectivity index (χ3v) is 3.76. The fraction of sp³-hybridized carbons (Fsp3) is 0.846. The van der Waals surface area contributed by atoms with Crippen molar-refractivity contribution in [3.8, 4) is 0 Å². The molecule has 2 unspecified atom stereocenters. The van der Waals surface area contributed by atoms with Gasteiger partial charge in [-0.15, -0.1) is 0 Å². The van der Waals surface area contributed by atoms with Crippen molar-refractivity contribution in [2.45, 2.75) is 51.6 Å². The third kappa shape index (κ3) is 2.57. The summed E-state index contributed by atoms with van der Waals surface area (Å²) >= 11 is 0. The van der Waals surface area contributed by atoms with Gasteiger partial charge in [0, 0.05) is 12.5 Å². The Balaban J connectivity index is 2.15. The Bertz CT molecular complexity index is 389. The molecule has 1 heterocycles. The molecule has 5 heteroatoms. The third-order valence-electron chi connectivity index (χ3n) is 3.76. The summed E-state index contributed by atoms with van der Waals surface area (Å²) in [5.41, 5.74) is 5.29. The summed E-state index contributed by atoms with van der Waals surface area (Å²) in [6.45, 7) is 7.20. The molecule has 0 saturated heterocycles. The Morgan fingerprint density at radius 2 is 2.22 bits per heavy atom. The molecule has 1 aromatic rings. The van der Waals surface area contributed by atoms with Crippen LogP contribution in [0.15, 0.2) is 4.52 Å². The summed E-state index contributed by atoms with van der Waals surface area (Å²) in [4.78, 5) is 4.52. The molecule has 0 aromatic carbocycles. The molecule has 2 N–H and O–H groups in total. The van der Waals surface area contributed by atoms with E-state index in [9.17, 15) is 0 Å². The van der Waals surface area contributed by atoms with E-state index in [0.29, 0.717) is 30.8 Å². The normalized spacial score (nSPS) is 24.7. The molecule has 2 rings (SSSR count). The molecule has 0 spiro atoms. The van der Waals surface area contributed by atoms with Crippen molar-refractivity contribution < 1.29 is 9.26 Å². The predicted octanol–water partition coefficient (Wildman–Crippen LogP) is 2.18. The van der Waals surface area contributed by atoms with Gasteiger partial charge in [0.25, 0.3) is 0 Å². The van der Waals surface area contributed by atoms with E-state index < -0.39 is 5.60 Å². The predicted molar refractivity (Wildman–Crippen MR) is 68.1 cm³/mol. The number of hydrogen-bond donors (Lipinski definition) is 1. The molecule has 18 heavy (non-hydrogen) atoms. The van der Waals surface area contributed by atoms with Crippen molar-refractivity contribution in [1.82, 2.24) is 10.1 Å². The minimum absolute atomic E-state index is 0.327. The first kappa shape index (κ1) is 13.5. The first-order chi connectivity index (χ1) is 8.58. The highest BCUT2D eigenvalue weighted by Crippen LogP contribution is 2.38. The Hall–Kier alpha value is -0.940. The van der Waals surface area contributed by atoms with Gasteiger partial charge >= 0.3 is 0 Å². The first-order valence-electron chi connectivity index (χ1n) is 6.76. The van der Waals surface area contributed by atoms with E-state index in [-0.39, 0.29) is 0 Å². The Labute approximate surface area is 108 Å². The Morgan fingerprint density at radius 1 is 1.44 bits per heavy atom. The molecule has 0 amide bonds. The van der Waals surface area contributed by atoms with Crippen LogP contribution in [0.4, 0.5) is 0 Å². The van der Waals surface area contributed by atoms with Gasteiger partial charge in [-0.1, -0.05) is 11.6 Å². The second-order valence-electron chi connectivity index (χ2n) is 5.43. The summed E-state index contributed by atoms with van der Waals surface area (Å²) in [5.74, 6) is 2.16. The average Bonchev–Trinajstić information content (AvgIpc) is 2.97. The van der Waals surface area contributed by atoms with E-state index in [1.54, 1.807) is 0 Å². The fourth-order valence-electron chi connectivity index (χ4n) is 2.70. The molecule has 102 valence electrons. The van der Waals surface area contributed by atoms with E-state index in [2.05, 4.69) is 10.1 Å². The highest BCUT2D eigenvalue weighted by molar-refractivity contribution is 5.04. The highest BCUT2D eigenvalue weighted by atomic mass is 16.5. The van der Waals surface area contributed by atoms with Gasteiger partial charge in [-0.05, 0) is 46.1 Å². The lowest BCUT2D eigenvalue weighted by molar-refractivity contribution is -0.0221. The minimum Gasteiger partial charge on any atom is -0.368 e. The van der Waals surface area contributed by atoms with E-state index >= 15 is 0 Å². The molecule has 1 aliphatic rings. The van der Waals surface area contributed by atoms with Crippen LogP contribution in [-0.2, 0) is 10.3 Å². The molecule has 1 aromatic heterocycles. The Morgan fingerprint density at radius 3 is 2.89 bits per heavy atom. The topological polar surface area (TPSA) is 74.2 Å². The fourth-order valence-corrected chi connectivity index (χ4v) is 2.70. The van der Waals surface area contributed by atoms with Gasteiger partial charge < -0.3 is 15.0 Å². The van der Waals surface area contributed by atoms with Gasteiger partial charge in [-0.3, -0.25) is 0 Å². The van der Waals surface area contributed by atoms with Gasteiger partial charge in [-0.25, -0.2) is 0 Å². The SMILES string of the molecule is CCOC(C)(C)c1noc(C2CCCC2CN)n1. The van der Waals surface area contributed by atoms with Crippen LogP contribution in [0.3, 0.4) is 0 Å². The standard InChI is InChI=1S/C13H23N3O2/c1-4-17-13(2,3)12-15-11(18-16-12)10-7-5-6-9(10)8-14/h9-10H,4-8,14H2,1-3H3. The molecule has 2 atom stereocenters. The molecule has 1 aliphatic carbocycles. The molecule has 1 fully saturated rings. The van der Waals surface area contributed by atoms with E-state index in [1.165, 1.54) is 6.42 Å². The number of nitrogens with zero attached hydrogens (tertiary/aromatic N) is 2. The van der Waals surface area contributed by atoms with Crippen LogP contribution >= 0.6 is 0 Å². The van der Waals surface area contributed by atoms with Crippen LogP contribution in [0.1, 0.15) is 57.7 Å². The van der Waals surface area contributed by atoms with Crippen molar-refractivity contribution in [3.63, 3.8) is 0 Å². The summed E-state index contributed by atoms with van der Waals surface area (Å²) < 4.78 is 11.1. The molecule has 1 saturated carbocycles. The van der Waals surface area contributed by atoms with E-state index in [1.807, 2.05) is 20.8 Å². The summed E-state index contributed by atoms with van der Waals surface area (Å²) in [6.07, 6.45) is 3.45. The van der Waals surface area contributed by atoms with Gasteiger partial charge in [0.1, 0.15) is 5.60 Å². The zero-order chi connectivity index (χ0) is 13.2. The summed E-state index contributed by atoms with van der Waals surface area (Å²) in [5, 5.41) is 4.07. The lowest BCUT2D eigenvalue weighted by atomic mass is 9.96. The van der Waals surface area contributed by atoms with Gasteiger partial charge in [0.05, 0.1) is 0 Å². The van der Waals surface area contributed by atoms with Crippen LogP contribution in [-0.4, -0.2) is 23.3 Å². The summed E-state index contributed by atoms with van der Waals surface area (Å²) in [7, 11) is 0. The summed E-state index contributed by atoms with van der Waals surface area (Å²) in [6, 6.07) is 0. The maximum absolute atomic E-state index is 5.79. The molecule has 0 bridgehead atoms. The number of aromatic nitrogens is 2. The molecular formula is C13H23N3O2. The van der Waals surface area contributed by atoms with Crippen LogP contribution < -0.4 is 5.73 Å². The lowest BCUT2D eigenvalue weighted by Crippen LogP contribution is -2.23. The molecule has 5 nitrogen and oxygen atoms in total. The Kier molecular flexibility index (Phi) is 4.02. The molecule has 0 radical (unpaired) electrons. The molecule has 0 aliphatic heterocycles. The van der Waals surface area contributed by atoms with Crippen LogP contribution in [0.5, 0.6) is 0 Å². The van der Waals surface area contributed by atoms with Crippen LogP contribution in [0.2, 0.25) is 0 Å². The number of rotatable bonds is 5. The van der Waals surface area contributed by atoms with Crippen molar-refractivity contribution >= 4 is 0 Å². The van der Waals surface area contributed by atoms with Crippen molar-refractivity contribution in [3.05, 3.63) is 11.7 Å². The second-order valence-corrected chi connectivity index (χ2v) is 5.43. The number of hydrogen-bond acceptors (Lipinski definition) is 5. The van der Waals surface area contributed by atoms with Crippen LogP contribution in [0, 0.1) is 5.92 Å². The van der Waals surface area contributed by atoms with Crippen molar-refractivity contribution in [1.29, 1.82) is 0 Å².